The molecular weight excluding hydrogens is 474 g/mol. The van der Waals surface area contributed by atoms with Crippen molar-refractivity contribution in [3.63, 3.8) is 0 Å². The Hall–Kier alpha value is -2.42. The van der Waals surface area contributed by atoms with Gasteiger partial charge in [-0.2, -0.15) is 0 Å². The van der Waals surface area contributed by atoms with Gasteiger partial charge in [-0.15, -0.1) is 0 Å². The third kappa shape index (κ3) is 7.82. The number of halogens is 1. The van der Waals surface area contributed by atoms with Gasteiger partial charge < -0.3 is 10.2 Å². The molecule has 0 heterocycles. The summed E-state index contributed by atoms with van der Waals surface area (Å²) in [6, 6.07) is 14.6. The molecule has 2 amide bonds. The van der Waals surface area contributed by atoms with Gasteiger partial charge in [-0.3, -0.25) is 9.59 Å². The van der Waals surface area contributed by atoms with Crippen molar-refractivity contribution < 1.29 is 18.0 Å². The molecule has 7 nitrogen and oxygen atoms in total. The van der Waals surface area contributed by atoms with E-state index >= 15 is 0 Å². The lowest BCUT2D eigenvalue weighted by molar-refractivity contribution is -0.141. The highest BCUT2D eigenvalue weighted by Gasteiger charge is 2.29. The topological polar surface area (TPSA) is 86.8 Å². The zero-order valence-corrected chi connectivity index (χ0v) is 22.0. The number of carbonyl (C=O) groups is 2. The van der Waals surface area contributed by atoms with Crippen molar-refractivity contribution in [2.45, 2.75) is 63.6 Å². The van der Waals surface area contributed by atoms with Gasteiger partial charge in [-0.1, -0.05) is 48.0 Å². The summed E-state index contributed by atoms with van der Waals surface area (Å²) in [6.45, 7) is 7.66. The van der Waals surface area contributed by atoms with Gasteiger partial charge in [0.2, 0.25) is 21.8 Å². The summed E-state index contributed by atoms with van der Waals surface area (Å²) < 4.78 is 26.7. The Kier molecular flexibility index (Phi) is 9.67. The highest BCUT2D eigenvalue weighted by atomic mass is 35.5. The van der Waals surface area contributed by atoms with Crippen LogP contribution in [0.3, 0.4) is 0 Å². The van der Waals surface area contributed by atoms with E-state index in [4.69, 9.17) is 11.6 Å². The quantitative estimate of drug-likeness (QED) is 0.525. The van der Waals surface area contributed by atoms with Gasteiger partial charge in [0.05, 0.1) is 4.90 Å². The number of hydrogen-bond acceptors (Lipinski definition) is 4. The van der Waals surface area contributed by atoms with Gasteiger partial charge in [0.15, 0.2) is 0 Å². The molecule has 0 saturated carbocycles. The zero-order chi connectivity index (χ0) is 25.5. The van der Waals surface area contributed by atoms with Crippen molar-refractivity contribution in [3.8, 4) is 0 Å². The van der Waals surface area contributed by atoms with Crippen LogP contribution in [0.25, 0.3) is 0 Å². The van der Waals surface area contributed by atoms with Crippen LogP contribution >= 0.6 is 11.6 Å². The monoisotopic (exact) mass is 507 g/mol. The van der Waals surface area contributed by atoms with Crippen molar-refractivity contribution in [2.75, 3.05) is 13.6 Å². The summed E-state index contributed by atoms with van der Waals surface area (Å²) in [5, 5.41) is 3.43. The molecule has 0 unspecified atom stereocenters. The van der Waals surface area contributed by atoms with Crippen molar-refractivity contribution in [1.82, 2.24) is 14.5 Å². The summed E-state index contributed by atoms with van der Waals surface area (Å²) in [5.74, 6) is -0.515. The minimum Gasteiger partial charge on any atom is -0.350 e. The maximum atomic E-state index is 13.2. The Morgan fingerprint density at radius 2 is 1.62 bits per heavy atom. The Bertz CT molecular complexity index is 1080. The van der Waals surface area contributed by atoms with Crippen LogP contribution in [0.2, 0.25) is 5.02 Å². The SMILES string of the molecule is C[C@H](C(=O)NC(C)(C)C)N(Cc1ccccc1Cl)C(=O)CCCN(C)S(=O)(=O)c1ccccc1. The number of nitrogens with one attached hydrogen (secondary N) is 1. The molecule has 0 fully saturated rings. The second-order valence-corrected chi connectivity index (χ2v) is 11.7. The normalized spacial score (nSPS) is 12.9. The van der Waals surface area contributed by atoms with Crippen LogP contribution in [0.1, 0.15) is 46.1 Å². The lowest BCUT2D eigenvalue weighted by Gasteiger charge is -2.32. The Morgan fingerprint density at radius 3 is 2.21 bits per heavy atom. The molecule has 0 spiro atoms. The fourth-order valence-electron chi connectivity index (χ4n) is 3.36. The van der Waals surface area contributed by atoms with Crippen LogP contribution in [0.15, 0.2) is 59.5 Å². The first kappa shape index (κ1) is 27.8. The zero-order valence-electron chi connectivity index (χ0n) is 20.4. The van der Waals surface area contributed by atoms with Crippen molar-refractivity contribution in [1.29, 1.82) is 0 Å². The first-order valence-electron chi connectivity index (χ1n) is 11.2. The molecule has 0 aromatic heterocycles. The van der Waals surface area contributed by atoms with E-state index < -0.39 is 21.6 Å². The predicted octanol–water partition coefficient (Wildman–Crippen LogP) is 4.07. The van der Waals surface area contributed by atoms with E-state index in [1.54, 1.807) is 37.3 Å². The summed E-state index contributed by atoms with van der Waals surface area (Å²) in [6.07, 6.45) is 0.403. The molecule has 34 heavy (non-hydrogen) atoms. The summed E-state index contributed by atoms with van der Waals surface area (Å²) >= 11 is 6.31. The van der Waals surface area contributed by atoms with Gasteiger partial charge >= 0.3 is 0 Å². The number of benzene rings is 2. The first-order chi connectivity index (χ1) is 15.8. The van der Waals surface area contributed by atoms with Gasteiger partial charge in [0.25, 0.3) is 0 Å². The lowest BCUT2D eigenvalue weighted by atomic mass is 10.1. The highest BCUT2D eigenvalue weighted by Crippen LogP contribution is 2.20. The van der Waals surface area contributed by atoms with E-state index in [1.807, 2.05) is 32.9 Å². The standard InChI is InChI=1S/C25H34ClN3O4S/c1-19(24(31)27-25(2,3)4)29(18-20-12-9-10-15-22(20)26)23(30)16-11-17-28(5)34(32,33)21-13-7-6-8-14-21/h6-10,12-15,19H,11,16-18H2,1-5H3,(H,27,31)/t19-/m1/s1. The van der Waals surface area contributed by atoms with Gasteiger partial charge in [-0.05, 0) is 57.9 Å². The molecular formula is C25H34ClN3O4S. The van der Waals surface area contributed by atoms with E-state index in [9.17, 15) is 18.0 Å². The van der Waals surface area contributed by atoms with Crippen molar-refractivity contribution >= 4 is 33.4 Å². The molecule has 0 bridgehead atoms. The maximum absolute atomic E-state index is 13.2. The Balaban J connectivity index is 2.11. The molecule has 1 atom stereocenters. The minimum atomic E-state index is -3.63. The number of amides is 2. The van der Waals surface area contributed by atoms with E-state index in [0.717, 1.165) is 5.56 Å². The average Bonchev–Trinajstić information content (AvgIpc) is 2.77. The number of sulfonamides is 1. The largest absolute Gasteiger partial charge is 0.350 e. The van der Waals surface area contributed by atoms with Crippen LogP contribution in [-0.2, 0) is 26.2 Å². The molecule has 1 N–H and O–H groups in total. The van der Waals surface area contributed by atoms with E-state index in [0.29, 0.717) is 11.4 Å². The number of hydrogen-bond donors (Lipinski definition) is 1. The molecule has 0 aliphatic rings. The molecule has 9 heteroatoms. The Morgan fingerprint density at radius 1 is 1.03 bits per heavy atom. The molecule has 2 aromatic rings. The average molecular weight is 508 g/mol. The summed E-state index contributed by atoms with van der Waals surface area (Å²) in [5.41, 5.74) is 0.288. The first-order valence-corrected chi connectivity index (χ1v) is 13.0. The van der Waals surface area contributed by atoms with Gasteiger partial charge in [0, 0.05) is 37.1 Å². The molecule has 0 saturated heterocycles. The molecule has 0 radical (unpaired) electrons. The highest BCUT2D eigenvalue weighted by molar-refractivity contribution is 7.89. The van der Waals surface area contributed by atoms with E-state index in [-0.39, 0.29) is 36.2 Å². The fraction of sp³-hybridized carbons (Fsp3) is 0.440. The predicted molar refractivity (Wildman–Crippen MR) is 135 cm³/mol. The van der Waals surface area contributed by atoms with Crippen LogP contribution in [0, 0.1) is 0 Å². The number of nitrogens with zero attached hydrogens (tertiary/aromatic N) is 2. The minimum absolute atomic E-state index is 0.0895. The summed E-state index contributed by atoms with van der Waals surface area (Å²) in [4.78, 5) is 27.7. The van der Waals surface area contributed by atoms with Crippen LogP contribution < -0.4 is 5.32 Å². The van der Waals surface area contributed by atoms with Crippen LogP contribution in [0.4, 0.5) is 0 Å². The Labute approximate surface area is 208 Å². The van der Waals surface area contributed by atoms with E-state index in [2.05, 4.69) is 5.32 Å². The molecule has 186 valence electrons. The van der Waals surface area contributed by atoms with Crippen LogP contribution in [0.5, 0.6) is 0 Å². The lowest BCUT2D eigenvalue weighted by Crippen LogP contribution is -2.52. The summed E-state index contributed by atoms with van der Waals surface area (Å²) in [7, 11) is -2.14. The third-order valence-electron chi connectivity index (χ3n) is 5.28. The van der Waals surface area contributed by atoms with Crippen molar-refractivity contribution in [3.05, 3.63) is 65.2 Å². The molecule has 2 rings (SSSR count). The second kappa shape index (κ2) is 11.8. The van der Waals surface area contributed by atoms with Crippen molar-refractivity contribution in [2.24, 2.45) is 0 Å². The second-order valence-electron chi connectivity index (χ2n) is 9.27. The van der Waals surface area contributed by atoms with Crippen LogP contribution in [-0.4, -0.2) is 54.6 Å². The molecule has 2 aromatic carbocycles. The number of carbonyl (C=O) groups excluding carboxylic acids is 2. The maximum Gasteiger partial charge on any atom is 0.242 e. The third-order valence-corrected chi connectivity index (χ3v) is 7.52. The molecule has 0 aliphatic carbocycles. The van der Waals surface area contributed by atoms with Gasteiger partial charge in [0.1, 0.15) is 6.04 Å². The molecule has 0 aliphatic heterocycles. The van der Waals surface area contributed by atoms with E-state index in [1.165, 1.54) is 28.4 Å². The number of rotatable bonds is 10. The fourth-order valence-corrected chi connectivity index (χ4v) is 4.78. The smallest absolute Gasteiger partial charge is 0.242 e. The van der Waals surface area contributed by atoms with Gasteiger partial charge in [-0.25, -0.2) is 12.7 Å².